The van der Waals surface area contributed by atoms with Gasteiger partial charge < -0.3 is 16.4 Å². The molecule has 0 aliphatic rings. The second kappa shape index (κ2) is 9.94. The number of amides is 2. The van der Waals surface area contributed by atoms with Crippen LogP contribution in [0.2, 0.25) is 0 Å². The van der Waals surface area contributed by atoms with E-state index >= 15 is 0 Å². The molecular formula is C20H26ClN3O2. The molecule has 0 bridgehead atoms. The average Bonchev–Trinajstić information content (AvgIpc) is 2.61. The van der Waals surface area contributed by atoms with Crippen LogP contribution < -0.4 is 16.4 Å². The molecule has 0 aromatic heterocycles. The predicted octanol–water partition coefficient (Wildman–Crippen LogP) is 3.52. The van der Waals surface area contributed by atoms with Gasteiger partial charge in [0, 0.05) is 12.1 Å². The lowest BCUT2D eigenvalue weighted by molar-refractivity contribution is -0.120. The van der Waals surface area contributed by atoms with Gasteiger partial charge in [-0.15, -0.1) is 12.4 Å². The molecule has 0 spiro atoms. The fourth-order valence-electron chi connectivity index (χ4n) is 2.50. The van der Waals surface area contributed by atoms with Gasteiger partial charge in [-0.05, 0) is 31.5 Å². The number of para-hydroxylation sites is 1. The minimum Gasteiger partial charge on any atom is -0.350 e. The first-order valence-electron chi connectivity index (χ1n) is 8.41. The zero-order valence-corrected chi connectivity index (χ0v) is 16.0. The van der Waals surface area contributed by atoms with Gasteiger partial charge in [-0.3, -0.25) is 9.59 Å². The summed E-state index contributed by atoms with van der Waals surface area (Å²) in [5.41, 5.74) is 8.04. The molecule has 2 amide bonds. The Morgan fingerprint density at radius 3 is 2.12 bits per heavy atom. The van der Waals surface area contributed by atoms with Gasteiger partial charge in [0.2, 0.25) is 5.91 Å². The molecular weight excluding hydrogens is 350 g/mol. The number of anilines is 1. The van der Waals surface area contributed by atoms with E-state index in [2.05, 4.69) is 10.6 Å². The predicted molar refractivity (Wildman–Crippen MR) is 107 cm³/mol. The number of hydrogen-bond donors (Lipinski definition) is 3. The van der Waals surface area contributed by atoms with E-state index in [0.717, 1.165) is 5.56 Å². The van der Waals surface area contributed by atoms with Gasteiger partial charge >= 0.3 is 0 Å². The smallest absolute Gasteiger partial charge is 0.253 e. The lowest BCUT2D eigenvalue weighted by Crippen LogP contribution is -2.33. The molecule has 2 aromatic carbocycles. The van der Waals surface area contributed by atoms with Gasteiger partial charge in [-0.25, -0.2) is 0 Å². The summed E-state index contributed by atoms with van der Waals surface area (Å²) < 4.78 is 0. The maximum atomic E-state index is 12.6. The lowest BCUT2D eigenvalue weighted by atomic mass is 9.94. The average molecular weight is 376 g/mol. The highest BCUT2D eigenvalue weighted by Crippen LogP contribution is 2.22. The van der Waals surface area contributed by atoms with Gasteiger partial charge in [-0.2, -0.15) is 0 Å². The molecule has 5 nitrogen and oxygen atoms in total. The molecule has 2 atom stereocenters. The van der Waals surface area contributed by atoms with Gasteiger partial charge in [0.05, 0.1) is 17.2 Å². The van der Waals surface area contributed by atoms with Crippen LogP contribution in [0, 0.1) is 5.92 Å². The van der Waals surface area contributed by atoms with E-state index in [-0.39, 0.29) is 30.3 Å². The van der Waals surface area contributed by atoms with Crippen molar-refractivity contribution in [2.45, 2.75) is 32.9 Å². The Bertz CT molecular complexity index is 735. The number of hydrogen-bond acceptors (Lipinski definition) is 3. The summed E-state index contributed by atoms with van der Waals surface area (Å²) in [6.07, 6.45) is 0. The topological polar surface area (TPSA) is 84.2 Å². The molecule has 2 rings (SSSR count). The van der Waals surface area contributed by atoms with E-state index in [0.29, 0.717) is 11.3 Å². The van der Waals surface area contributed by atoms with Gasteiger partial charge in [0.15, 0.2) is 0 Å². The summed E-state index contributed by atoms with van der Waals surface area (Å²) >= 11 is 0. The Hall–Kier alpha value is -2.37. The molecule has 0 aliphatic heterocycles. The van der Waals surface area contributed by atoms with Crippen LogP contribution in [0.4, 0.5) is 5.69 Å². The third-order valence-electron chi connectivity index (χ3n) is 3.99. The standard InChI is InChI=1S/C20H25N3O2.ClH/c1-13(2)22-20(25)16-11-7-8-12-17(16)23-19(24)14(3)18(21)15-9-5-4-6-10-15;/h4-14,18H,21H2,1-3H3,(H,22,25)(H,23,24);1H. The Morgan fingerprint density at radius 2 is 1.50 bits per heavy atom. The first-order valence-corrected chi connectivity index (χ1v) is 8.41. The highest BCUT2D eigenvalue weighted by atomic mass is 35.5. The molecule has 0 aliphatic carbocycles. The Balaban J connectivity index is 0.00000338. The molecule has 0 radical (unpaired) electrons. The van der Waals surface area contributed by atoms with Gasteiger partial charge in [0.25, 0.3) is 5.91 Å². The van der Waals surface area contributed by atoms with Crippen LogP contribution in [0.5, 0.6) is 0 Å². The van der Waals surface area contributed by atoms with Crippen molar-refractivity contribution in [3.05, 3.63) is 65.7 Å². The van der Waals surface area contributed by atoms with Crippen LogP contribution in [0.15, 0.2) is 54.6 Å². The zero-order valence-electron chi connectivity index (χ0n) is 15.2. The first kappa shape index (κ1) is 21.7. The third kappa shape index (κ3) is 5.58. The fraction of sp³-hybridized carbons (Fsp3) is 0.300. The number of carbonyl (C=O) groups excluding carboxylic acids is 2. The van der Waals surface area contributed by atoms with Crippen molar-refractivity contribution in [2.75, 3.05) is 5.32 Å². The van der Waals surface area contributed by atoms with Crippen LogP contribution in [-0.4, -0.2) is 17.9 Å². The Labute approximate surface area is 160 Å². The third-order valence-corrected chi connectivity index (χ3v) is 3.99. The van der Waals surface area contributed by atoms with E-state index in [4.69, 9.17) is 5.73 Å². The number of nitrogens with two attached hydrogens (primary N) is 1. The summed E-state index contributed by atoms with van der Waals surface area (Å²) in [5, 5.41) is 5.67. The Morgan fingerprint density at radius 1 is 0.923 bits per heavy atom. The van der Waals surface area contributed by atoms with Crippen molar-refractivity contribution < 1.29 is 9.59 Å². The quantitative estimate of drug-likeness (QED) is 0.722. The highest BCUT2D eigenvalue weighted by molar-refractivity contribution is 6.04. The van der Waals surface area contributed by atoms with E-state index in [1.54, 1.807) is 31.2 Å². The van der Waals surface area contributed by atoms with Crippen LogP contribution in [-0.2, 0) is 4.79 Å². The van der Waals surface area contributed by atoms with Crippen molar-refractivity contribution in [3.63, 3.8) is 0 Å². The van der Waals surface area contributed by atoms with E-state index in [9.17, 15) is 9.59 Å². The number of halogens is 1. The van der Waals surface area contributed by atoms with Crippen LogP contribution in [0.1, 0.15) is 42.7 Å². The lowest BCUT2D eigenvalue weighted by Gasteiger charge is -2.21. The number of benzene rings is 2. The first-order chi connectivity index (χ1) is 11.9. The molecule has 2 unspecified atom stereocenters. The molecule has 0 saturated carbocycles. The maximum absolute atomic E-state index is 12.6. The van der Waals surface area contributed by atoms with Crippen molar-refractivity contribution in [1.29, 1.82) is 0 Å². The van der Waals surface area contributed by atoms with Crippen LogP contribution >= 0.6 is 12.4 Å². The molecule has 2 aromatic rings. The normalized spacial score (nSPS) is 12.7. The fourth-order valence-corrected chi connectivity index (χ4v) is 2.50. The maximum Gasteiger partial charge on any atom is 0.253 e. The zero-order chi connectivity index (χ0) is 18.4. The molecule has 0 heterocycles. The summed E-state index contributed by atoms with van der Waals surface area (Å²) in [6, 6.07) is 16.1. The second-order valence-corrected chi connectivity index (χ2v) is 6.39. The van der Waals surface area contributed by atoms with Crippen molar-refractivity contribution in [2.24, 2.45) is 11.7 Å². The monoisotopic (exact) mass is 375 g/mol. The SMILES string of the molecule is CC(C)NC(=O)c1ccccc1NC(=O)C(C)C(N)c1ccccc1.Cl. The number of nitrogens with one attached hydrogen (secondary N) is 2. The summed E-state index contributed by atoms with van der Waals surface area (Å²) in [4.78, 5) is 24.9. The minimum atomic E-state index is -0.441. The van der Waals surface area contributed by atoms with Gasteiger partial charge in [-0.1, -0.05) is 49.4 Å². The number of carbonyl (C=O) groups is 2. The molecule has 4 N–H and O–H groups in total. The van der Waals surface area contributed by atoms with Crippen molar-refractivity contribution in [1.82, 2.24) is 5.32 Å². The molecule has 0 fully saturated rings. The second-order valence-electron chi connectivity index (χ2n) is 6.39. The summed E-state index contributed by atoms with van der Waals surface area (Å²) in [7, 11) is 0. The van der Waals surface area contributed by atoms with Crippen molar-refractivity contribution in [3.8, 4) is 0 Å². The molecule has 140 valence electrons. The van der Waals surface area contributed by atoms with Crippen LogP contribution in [0.25, 0.3) is 0 Å². The molecule has 0 saturated heterocycles. The number of rotatable bonds is 6. The largest absolute Gasteiger partial charge is 0.350 e. The van der Waals surface area contributed by atoms with Crippen molar-refractivity contribution >= 4 is 29.9 Å². The summed E-state index contributed by atoms with van der Waals surface area (Å²) in [5.74, 6) is -0.879. The van der Waals surface area contributed by atoms with E-state index in [1.807, 2.05) is 44.2 Å². The van der Waals surface area contributed by atoms with E-state index < -0.39 is 12.0 Å². The molecule has 6 heteroatoms. The summed E-state index contributed by atoms with van der Waals surface area (Å²) in [6.45, 7) is 5.56. The highest BCUT2D eigenvalue weighted by Gasteiger charge is 2.23. The van der Waals surface area contributed by atoms with E-state index in [1.165, 1.54) is 0 Å². The van der Waals surface area contributed by atoms with Crippen LogP contribution in [0.3, 0.4) is 0 Å². The van der Waals surface area contributed by atoms with Gasteiger partial charge in [0.1, 0.15) is 0 Å². The Kier molecular flexibility index (Phi) is 8.29. The molecule has 26 heavy (non-hydrogen) atoms. The minimum absolute atomic E-state index is 0.